The van der Waals surface area contributed by atoms with E-state index in [0.717, 1.165) is 0 Å². The summed E-state index contributed by atoms with van der Waals surface area (Å²) in [6, 6.07) is 0. The van der Waals surface area contributed by atoms with Crippen LogP contribution in [-0.2, 0) is 0 Å². The van der Waals surface area contributed by atoms with Crippen LogP contribution in [0.25, 0.3) is 0 Å². The first-order valence-corrected chi connectivity index (χ1v) is 2.10. The van der Waals surface area contributed by atoms with Crippen molar-refractivity contribution in [1.82, 2.24) is 0 Å². The Kier molecular flexibility index (Phi) is 16.1. The smallest absolute Gasteiger partial charge is 0.0359 e. The van der Waals surface area contributed by atoms with Crippen molar-refractivity contribution >= 4 is 23.2 Å². The van der Waals surface area contributed by atoms with Gasteiger partial charge >= 0.3 is 0 Å². The van der Waals surface area contributed by atoms with Gasteiger partial charge in [-0.1, -0.05) is 0 Å². The van der Waals surface area contributed by atoms with Crippen molar-refractivity contribution in [2.24, 2.45) is 0 Å². The van der Waals surface area contributed by atoms with E-state index in [-0.39, 0.29) is 5.48 Å². The minimum absolute atomic E-state index is 0. The Morgan fingerprint density at radius 2 is 1.20 bits per heavy atom. The molecule has 0 aromatic carbocycles. The highest BCUT2D eigenvalue weighted by molar-refractivity contribution is 6.25. The molecule has 3 heteroatoms. The monoisotopic (exact) mass is 116 g/mol. The molecule has 0 bridgehead atoms. The van der Waals surface area contributed by atoms with Crippen molar-refractivity contribution in [2.75, 3.05) is 11.8 Å². The molecular weight excluding hydrogens is 111 g/mol. The largest absolute Gasteiger partial charge is 0.412 e. The summed E-state index contributed by atoms with van der Waals surface area (Å²) in [6.07, 6.45) is 0. The summed E-state index contributed by atoms with van der Waals surface area (Å²) in [4.78, 5) is 0. The van der Waals surface area contributed by atoms with E-state index in [2.05, 4.69) is 0 Å². The predicted molar refractivity (Wildman–Crippen MR) is 25.1 cm³/mol. The second-order valence-electron chi connectivity index (χ2n) is 0.378. The number of rotatable bonds is 1. The van der Waals surface area contributed by atoms with Crippen molar-refractivity contribution in [3.8, 4) is 0 Å². The first-order valence-electron chi connectivity index (χ1n) is 1.03. The van der Waals surface area contributed by atoms with Crippen LogP contribution in [0.4, 0.5) is 0 Å². The van der Waals surface area contributed by atoms with Gasteiger partial charge in [0.05, 0.1) is 0 Å². The summed E-state index contributed by atoms with van der Waals surface area (Å²) in [7, 11) is 0. The fraction of sp³-hybridized carbons (Fsp3) is 1.00. The predicted octanol–water partition coefficient (Wildman–Crippen LogP) is 0.639. The minimum atomic E-state index is 0. The van der Waals surface area contributed by atoms with Gasteiger partial charge in [0.1, 0.15) is 0 Å². The summed E-state index contributed by atoms with van der Waals surface area (Å²) in [5, 5.41) is 0. The molecule has 0 aromatic rings. The van der Waals surface area contributed by atoms with Crippen molar-refractivity contribution in [3.05, 3.63) is 0 Å². The Bertz CT molecular complexity index is 9.61. The molecule has 0 heterocycles. The first-order chi connectivity index (χ1) is 1.91. The Balaban J connectivity index is 0. The van der Waals surface area contributed by atoms with Crippen LogP contribution in [-0.4, -0.2) is 17.2 Å². The van der Waals surface area contributed by atoms with Gasteiger partial charge in [0.15, 0.2) is 0 Å². The molecule has 1 nitrogen and oxygen atoms in total. The molecule has 0 rings (SSSR count). The van der Waals surface area contributed by atoms with E-state index in [9.17, 15) is 0 Å². The SMILES string of the molecule is ClCCCl.O. The highest BCUT2D eigenvalue weighted by atomic mass is 35.5. The maximum Gasteiger partial charge on any atom is 0.0359 e. The number of halogens is 2. The average molecular weight is 117 g/mol. The van der Waals surface area contributed by atoms with E-state index in [1.165, 1.54) is 0 Å². The van der Waals surface area contributed by atoms with E-state index in [1.54, 1.807) is 0 Å². The molecule has 34 valence electrons. The lowest BCUT2D eigenvalue weighted by atomic mass is 11.0. The molecule has 0 spiro atoms. The molecule has 0 aromatic heterocycles. The molecule has 0 fully saturated rings. The van der Waals surface area contributed by atoms with Gasteiger partial charge in [0.25, 0.3) is 0 Å². The number of hydrogen-bond donors (Lipinski definition) is 0. The fourth-order valence-corrected chi connectivity index (χ4v) is 0. The maximum atomic E-state index is 5.05. The van der Waals surface area contributed by atoms with Crippen molar-refractivity contribution in [2.45, 2.75) is 0 Å². The lowest BCUT2D eigenvalue weighted by Crippen LogP contribution is -1.63. The third kappa shape index (κ3) is 12.4. The van der Waals surface area contributed by atoms with Crippen LogP contribution in [0.15, 0.2) is 0 Å². The molecule has 0 aliphatic rings. The minimum Gasteiger partial charge on any atom is -0.412 e. The Morgan fingerprint density at radius 3 is 1.20 bits per heavy atom. The third-order valence-corrected chi connectivity index (χ3v) is 0.643. The molecule has 2 N–H and O–H groups in total. The Labute approximate surface area is 41.2 Å². The van der Waals surface area contributed by atoms with Gasteiger partial charge in [-0.15, -0.1) is 23.2 Å². The molecule has 0 aliphatic carbocycles. The van der Waals surface area contributed by atoms with Crippen molar-refractivity contribution in [1.29, 1.82) is 0 Å². The Morgan fingerprint density at radius 1 is 1.00 bits per heavy atom. The lowest BCUT2D eigenvalue weighted by molar-refractivity contribution is 0.824. The first kappa shape index (κ1) is 9.11. The van der Waals surface area contributed by atoms with E-state index in [4.69, 9.17) is 23.2 Å². The van der Waals surface area contributed by atoms with Crippen molar-refractivity contribution < 1.29 is 5.48 Å². The zero-order valence-electron chi connectivity index (χ0n) is 2.67. The summed E-state index contributed by atoms with van der Waals surface area (Å²) in [5.74, 6) is 1.11. The van der Waals surface area contributed by atoms with Gasteiger partial charge in [0.2, 0.25) is 0 Å². The molecule has 0 atom stereocenters. The standard InChI is InChI=1S/C2H4Cl2.H2O/c3-1-2-4;/h1-2H2;1H2. The van der Waals surface area contributed by atoms with Gasteiger partial charge in [-0.3, -0.25) is 0 Å². The van der Waals surface area contributed by atoms with Crippen LogP contribution in [0, 0.1) is 0 Å². The molecule has 0 aliphatic heterocycles. The zero-order chi connectivity index (χ0) is 3.41. The van der Waals surface area contributed by atoms with E-state index in [0.29, 0.717) is 11.8 Å². The van der Waals surface area contributed by atoms with Crippen LogP contribution in [0.2, 0.25) is 0 Å². The molecule has 0 radical (unpaired) electrons. The molecule has 0 unspecified atom stereocenters. The normalized spacial score (nSPS) is 6.00. The average Bonchev–Trinajstić information content (AvgIpc) is 1.37. The molecular formula is C2H6Cl2O. The summed E-state index contributed by atoms with van der Waals surface area (Å²) in [5.41, 5.74) is 0. The maximum absolute atomic E-state index is 5.05. The van der Waals surface area contributed by atoms with Crippen LogP contribution in [0.1, 0.15) is 0 Å². The second kappa shape index (κ2) is 8.82. The summed E-state index contributed by atoms with van der Waals surface area (Å²) >= 11 is 10.1. The summed E-state index contributed by atoms with van der Waals surface area (Å²) in [6.45, 7) is 0. The lowest BCUT2D eigenvalue weighted by Gasteiger charge is -1.63. The third-order valence-electron chi connectivity index (χ3n) is 0.0714. The number of alkyl halides is 2. The highest BCUT2D eigenvalue weighted by Crippen LogP contribution is 1.75. The van der Waals surface area contributed by atoms with Gasteiger partial charge in [-0.2, -0.15) is 0 Å². The zero-order valence-corrected chi connectivity index (χ0v) is 4.18. The fourth-order valence-electron chi connectivity index (χ4n) is 0. The summed E-state index contributed by atoms with van der Waals surface area (Å²) < 4.78 is 0. The number of hydrogen-bond acceptors (Lipinski definition) is 0. The molecule has 0 saturated heterocycles. The molecule has 0 saturated carbocycles. The van der Waals surface area contributed by atoms with Gasteiger partial charge in [-0.05, 0) is 0 Å². The Hall–Kier alpha value is 0.540. The van der Waals surface area contributed by atoms with Crippen LogP contribution in [0.5, 0.6) is 0 Å². The van der Waals surface area contributed by atoms with E-state index >= 15 is 0 Å². The van der Waals surface area contributed by atoms with Crippen molar-refractivity contribution in [3.63, 3.8) is 0 Å². The van der Waals surface area contributed by atoms with Gasteiger partial charge in [-0.25, -0.2) is 0 Å². The highest BCUT2D eigenvalue weighted by Gasteiger charge is 1.61. The van der Waals surface area contributed by atoms with Crippen LogP contribution >= 0.6 is 23.2 Å². The van der Waals surface area contributed by atoms with Crippen LogP contribution < -0.4 is 0 Å². The van der Waals surface area contributed by atoms with E-state index in [1.807, 2.05) is 0 Å². The quantitative estimate of drug-likeness (QED) is 0.451. The molecule has 5 heavy (non-hydrogen) atoms. The van der Waals surface area contributed by atoms with E-state index < -0.39 is 0 Å². The second-order valence-corrected chi connectivity index (χ2v) is 1.13. The molecule has 0 amide bonds. The van der Waals surface area contributed by atoms with Crippen LogP contribution in [0.3, 0.4) is 0 Å². The van der Waals surface area contributed by atoms with Gasteiger partial charge in [0, 0.05) is 11.8 Å². The topological polar surface area (TPSA) is 31.5 Å². The van der Waals surface area contributed by atoms with Gasteiger partial charge < -0.3 is 5.48 Å².